The van der Waals surface area contributed by atoms with E-state index < -0.39 is 0 Å². The van der Waals surface area contributed by atoms with Crippen molar-refractivity contribution in [2.45, 2.75) is 25.5 Å². The first-order chi connectivity index (χ1) is 4.67. The van der Waals surface area contributed by atoms with Crippen LogP contribution in [-0.4, -0.2) is 36.5 Å². The Balaban J connectivity index is 2.51. The summed E-state index contributed by atoms with van der Waals surface area (Å²) in [7, 11) is 0. The standard InChI is InChI=1S/C7H15NO2/c1-7(2)6(5-9)8-3-4-10-7/h6,8-9H,3-5H2,1-2H3/t6-/m0/s1. The van der Waals surface area contributed by atoms with Crippen molar-refractivity contribution in [1.82, 2.24) is 5.32 Å². The van der Waals surface area contributed by atoms with E-state index in [0.717, 1.165) is 13.2 Å². The topological polar surface area (TPSA) is 41.5 Å². The molecule has 0 aromatic heterocycles. The molecule has 2 N–H and O–H groups in total. The highest BCUT2D eigenvalue weighted by molar-refractivity contribution is 4.87. The Bertz CT molecular complexity index is 114. The van der Waals surface area contributed by atoms with Gasteiger partial charge in [0.05, 0.1) is 24.9 Å². The molecule has 10 heavy (non-hydrogen) atoms. The van der Waals surface area contributed by atoms with Gasteiger partial charge < -0.3 is 15.2 Å². The van der Waals surface area contributed by atoms with Gasteiger partial charge in [0, 0.05) is 6.54 Å². The van der Waals surface area contributed by atoms with Crippen LogP contribution in [0.25, 0.3) is 0 Å². The van der Waals surface area contributed by atoms with Crippen LogP contribution >= 0.6 is 0 Å². The minimum Gasteiger partial charge on any atom is -0.395 e. The van der Waals surface area contributed by atoms with E-state index in [4.69, 9.17) is 9.84 Å². The molecule has 0 radical (unpaired) electrons. The molecule has 0 saturated carbocycles. The van der Waals surface area contributed by atoms with E-state index in [1.54, 1.807) is 0 Å². The van der Waals surface area contributed by atoms with Gasteiger partial charge in [-0.15, -0.1) is 0 Å². The third-order valence-corrected chi connectivity index (χ3v) is 1.99. The largest absolute Gasteiger partial charge is 0.395 e. The van der Waals surface area contributed by atoms with Crippen LogP contribution in [0.4, 0.5) is 0 Å². The number of morpholine rings is 1. The number of rotatable bonds is 1. The molecule has 0 aromatic carbocycles. The van der Waals surface area contributed by atoms with Gasteiger partial charge >= 0.3 is 0 Å². The summed E-state index contributed by atoms with van der Waals surface area (Å²) >= 11 is 0. The zero-order chi connectivity index (χ0) is 7.61. The third-order valence-electron chi connectivity index (χ3n) is 1.99. The summed E-state index contributed by atoms with van der Waals surface area (Å²) < 4.78 is 5.45. The van der Waals surface area contributed by atoms with E-state index >= 15 is 0 Å². The molecule has 1 heterocycles. The van der Waals surface area contributed by atoms with Gasteiger partial charge in [0.1, 0.15) is 0 Å². The number of hydrogen-bond acceptors (Lipinski definition) is 3. The molecule has 0 aromatic rings. The minimum absolute atomic E-state index is 0.0845. The Kier molecular flexibility index (Phi) is 2.28. The fraction of sp³-hybridized carbons (Fsp3) is 1.00. The molecule has 1 rings (SSSR count). The fourth-order valence-electron chi connectivity index (χ4n) is 1.18. The Labute approximate surface area is 61.4 Å². The Morgan fingerprint density at radius 3 is 2.80 bits per heavy atom. The second kappa shape index (κ2) is 2.86. The van der Waals surface area contributed by atoms with Gasteiger partial charge in [-0.05, 0) is 13.8 Å². The van der Waals surface area contributed by atoms with Crippen molar-refractivity contribution in [2.24, 2.45) is 0 Å². The Morgan fingerprint density at radius 1 is 1.70 bits per heavy atom. The summed E-state index contributed by atoms with van der Waals surface area (Å²) in [6.07, 6.45) is 0. The van der Waals surface area contributed by atoms with E-state index in [-0.39, 0.29) is 18.2 Å². The van der Waals surface area contributed by atoms with Crippen molar-refractivity contribution < 1.29 is 9.84 Å². The van der Waals surface area contributed by atoms with Crippen molar-refractivity contribution in [3.63, 3.8) is 0 Å². The maximum absolute atomic E-state index is 8.88. The molecule has 0 unspecified atom stereocenters. The second-order valence-corrected chi connectivity index (χ2v) is 3.14. The van der Waals surface area contributed by atoms with Crippen molar-refractivity contribution in [1.29, 1.82) is 0 Å². The van der Waals surface area contributed by atoms with E-state index in [9.17, 15) is 0 Å². The normalized spacial score (nSPS) is 32.1. The molecule has 1 aliphatic rings. The molecular weight excluding hydrogens is 130 g/mol. The van der Waals surface area contributed by atoms with Crippen molar-refractivity contribution in [3.8, 4) is 0 Å². The van der Waals surface area contributed by atoms with Gasteiger partial charge in [-0.2, -0.15) is 0 Å². The molecule has 1 fully saturated rings. The van der Waals surface area contributed by atoms with Gasteiger partial charge in [0.15, 0.2) is 0 Å². The van der Waals surface area contributed by atoms with Gasteiger partial charge in [0.25, 0.3) is 0 Å². The van der Waals surface area contributed by atoms with Gasteiger partial charge in [0.2, 0.25) is 0 Å². The maximum Gasteiger partial charge on any atom is 0.0801 e. The molecule has 0 bridgehead atoms. The second-order valence-electron chi connectivity index (χ2n) is 3.14. The summed E-state index contributed by atoms with van der Waals surface area (Å²) in [5.74, 6) is 0. The van der Waals surface area contributed by atoms with Crippen LogP contribution in [0.15, 0.2) is 0 Å². The van der Waals surface area contributed by atoms with E-state index in [1.807, 2.05) is 13.8 Å². The zero-order valence-electron chi connectivity index (χ0n) is 6.55. The average molecular weight is 145 g/mol. The Hall–Kier alpha value is -0.120. The first kappa shape index (κ1) is 7.98. The Morgan fingerprint density at radius 2 is 2.40 bits per heavy atom. The van der Waals surface area contributed by atoms with Crippen LogP contribution in [0, 0.1) is 0 Å². The number of ether oxygens (including phenoxy) is 1. The molecule has 3 heteroatoms. The summed E-state index contributed by atoms with van der Waals surface area (Å²) in [5, 5.41) is 12.1. The quantitative estimate of drug-likeness (QED) is 0.534. The predicted molar refractivity (Wildman–Crippen MR) is 38.9 cm³/mol. The van der Waals surface area contributed by atoms with Crippen LogP contribution in [0.5, 0.6) is 0 Å². The molecule has 0 amide bonds. The van der Waals surface area contributed by atoms with Crippen molar-refractivity contribution in [3.05, 3.63) is 0 Å². The monoisotopic (exact) mass is 145 g/mol. The molecule has 1 aliphatic heterocycles. The smallest absolute Gasteiger partial charge is 0.0801 e. The fourth-order valence-corrected chi connectivity index (χ4v) is 1.18. The number of aliphatic hydroxyl groups excluding tert-OH is 1. The number of nitrogens with one attached hydrogen (secondary N) is 1. The first-order valence-electron chi connectivity index (χ1n) is 3.65. The highest BCUT2D eigenvalue weighted by Gasteiger charge is 2.32. The van der Waals surface area contributed by atoms with Crippen LogP contribution in [0.3, 0.4) is 0 Å². The van der Waals surface area contributed by atoms with Crippen LogP contribution in [0.2, 0.25) is 0 Å². The lowest BCUT2D eigenvalue weighted by Crippen LogP contribution is -2.56. The first-order valence-corrected chi connectivity index (χ1v) is 3.65. The molecule has 1 saturated heterocycles. The lowest BCUT2D eigenvalue weighted by atomic mass is 9.98. The SMILES string of the molecule is CC1(C)OCCN[C@H]1CO. The minimum atomic E-state index is -0.215. The molecule has 60 valence electrons. The average Bonchev–Trinajstić information content (AvgIpc) is 1.87. The molecular formula is C7H15NO2. The molecule has 0 spiro atoms. The van der Waals surface area contributed by atoms with Crippen molar-refractivity contribution >= 4 is 0 Å². The van der Waals surface area contributed by atoms with Crippen LogP contribution < -0.4 is 5.32 Å². The summed E-state index contributed by atoms with van der Waals surface area (Å²) in [4.78, 5) is 0. The number of hydrogen-bond donors (Lipinski definition) is 2. The lowest BCUT2D eigenvalue weighted by molar-refractivity contribution is -0.0823. The van der Waals surface area contributed by atoms with Crippen molar-refractivity contribution in [2.75, 3.05) is 19.8 Å². The lowest BCUT2D eigenvalue weighted by Gasteiger charge is -2.38. The highest BCUT2D eigenvalue weighted by atomic mass is 16.5. The summed E-state index contributed by atoms with van der Waals surface area (Å²) in [5.41, 5.74) is -0.215. The summed E-state index contributed by atoms with van der Waals surface area (Å²) in [6.45, 7) is 5.70. The summed E-state index contributed by atoms with van der Waals surface area (Å²) in [6, 6.07) is 0.0845. The highest BCUT2D eigenvalue weighted by Crippen LogP contribution is 2.16. The molecule has 3 nitrogen and oxygen atoms in total. The van der Waals surface area contributed by atoms with E-state index in [1.165, 1.54) is 0 Å². The van der Waals surface area contributed by atoms with E-state index in [0.29, 0.717) is 0 Å². The molecule has 0 aliphatic carbocycles. The van der Waals surface area contributed by atoms with Gasteiger partial charge in [-0.25, -0.2) is 0 Å². The molecule has 1 atom stereocenters. The van der Waals surface area contributed by atoms with Crippen LogP contribution in [-0.2, 0) is 4.74 Å². The number of aliphatic hydroxyl groups is 1. The van der Waals surface area contributed by atoms with Gasteiger partial charge in [-0.1, -0.05) is 0 Å². The third kappa shape index (κ3) is 1.48. The van der Waals surface area contributed by atoms with E-state index in [2.05, 4.69) is 5.32 Å². The zero-order valence-corrected chi connectivity index (χ0v) is 6.55. The van der Waals surface area contributed by atoms with Crippen LogP contribution in [0.1, 0.15) is 13.8 Å². The maximum atomic E-state index is 8.88. The van der Waals surface area contributed by atoms with Gasteiger partial charge in [-0.3, -0.25) is 0 Å². The predicted octanol–water partition coefficient (Wildman–Crippen LogP) is -0.254.